The van der Waals surface area contributed by atoms with Crippen molar-refractivity contribution in [3.63, 3.8) is 0 Å². The Morgan fingerprint density at radius 1 is 1.26 bits per heavy atom. The molecule has 0 saturated carbocycles. The predicted molar refractivity (Wildman–Crippen MR) is 76.9 cm³/mol. The zero-order chi connectivity index (χ0) is 17.2. The second-order valence-corrected chi connectivity index (χ2v) is 4.86. The maximum atomic E-state index is 12.6. The third-order valence-corrected chi connectivity index (χ3v) is 3.30. The molecule has 9 heteroatoms. The molecule has 0 atom stereocenters. The standard InChI is InChI=1S/C14H15F3N4O2/c1-3-20(11-6-4-10(5-7-11)14(15,16)17)12(22)8-21-13(23)19(2)9-18-21/h4-7,9H,3,8H2,1-2H3. The molecule has 0 fully saturated rings. The second-order valence-electron chi connectivity index (χ2n) is 4.86. The van der Waals surface area contributed by atoms with Crippen LogP contribution in [0.25, 0.3) is 0 Å². The van der Waals surface area contributed by atoms with Gasteiger partial charge in [-0.1, -0.05) is 0 Å². The number of anilines is 1. The summed E-state index contributed by atoms with van der Waals surface area (Å²) in [7, 11) is 1.50. The van der Waals surface area contributed by atoms with Gasteiger partial charge in [0.15, 0.2) is 0 Å². The molecule has 0 saturated heterocycles. The number of carbonyl (C=O) groups is 1. The van der Waals surface area contributed by atoms with Gasteiger partial charge in [0.05, 0.1) is 5.56 Å². The van der Waals surface area contributed by atoms with E-state index in [2.05, 4.69) is 5.10 Å². The van der Waals surface area contributed by atoms with Crippen LogP contribution in [0.2, 0.25) is 0 Å². The number of hydrogen-bond donors (Lipinski definition) is 0. The Labute approximate surface area is 129 Å². The van der Waals surface area contributed by atoms with Crippen molar-refractivity contribution in [2.24, 2.45) is 7.05 Å². The van der Waals surface area contributed by atoms with E-state index >= 15 is 0 Å². The fraction of sp³-hybridized carbons (Fsp3) is 0.357. The zero-order valence-corrected chi connectivity index (χ0v) is 12.5. The molecule has 2 aromatic rings. The first kappa shape index (κ1) is 16.8. The molecule has 1 aromatic heterocycles. The number of nitrogens with zero attached hydrogens (tertiary/aromatic N) is 4. The van der Waals surface area contributed by atoms with E-state index in [4.69, 9.17) is 0 Å². The van der Waals surface area contributed by atoms with Gasteiger partial charge in [0, 0.05) is 19.3 Å². The molecule has 6 nitrogen and oxygen atoms in total. The fourth-order valence-corrected chi connectivity index (χ4v) is 2.08. The fourth-order valence-electron chi connectivity index (χ4n) is 2.08. The Bertz CT molecular complexity index is 747. The molecule has 124 valence electrons. The van der Waals surface area contributed by atoms with Gasteiger partial charge < -0.3 is 4.90 Å². The van der Waals surface area contributed by atoms with Crippen molar-refractivity contribution in [2.45, 2.75) is 19.6 Å². The molecule has 1 aromatic carbocycles. The number of amides is 1. The van der Waals surface area contributed by atoms with Crippen LogP contribution in [0.5, 0.6) is 0 Å². The van der Waals surface area contributed by atoms with Gasteiger partial charge in [-0.15, -0.1) is 0 Å². The quantitative estimate of drug-likeness (QED) is 0.857. The van der Waals surface area contributed by atoms with Crippen molar-refractivity contribution in [3.05, 3.63) is 46.6 Å². The summed E-state index contributed by atoms with van der Waals surface area (Å²) in [4.78, 5) is 25.2. The molecule has 0 radical (unpaired) electrons. The Balaban J connectivity index is 2.20. The highest BCUT2D eigenvalue weighted by atomic mass is 19.4. The molecule has 23 heavy (non-hydrogen) atoms. The van der Waals surface area contributed by atoms with Gasteiger partial charge in [-0.3, -0.25) is 9.36 Å². The molecule has 0 aliphatic carbocycles. The minimum Gasteiger partial charge on any atom is -0.311 e. The van der Waals surface area contributed by atoms with Crippen molar-refractivity contribution >= 4 is 11.6 Å². The summed E-state index contributed by atoms with van der Waals surface area (Å²) in [5.41, 5.74) is -0.901. The van der Waals surface area contributed by atoms with E-state index in [1.807, 2.05) is 0 Å². The summed E-state index contributed by atoms with van der Waals surface area (Å²) < 4.78 is 39.9. The number of benzene rings is 1. The molecule has 0 N–H and O–H groups in total. The van der Waals surface area contributed by atoms with Crippen molar-refractivity contribution in [1.29, 1.82) is 0 Å². The first-order chi connectivity index (χ1) is 10.7. The lowest BCUT2D eigenvalue weighted by atomic mass is 10.2. The lowest BCUT2D eigenvalue weighted by Crippen LogP contribution is -2.37. The lowest BCUT2D eigenvalue weighted by Gasteiger charge is -2.21. The topological polar surface area (TPSA) is 60.1 Å². The number of likely N-dealkylation sites (N-methyl/N-ethyl adjacent to an activating group) is 1. The van der Waals surface area contributed by atoms with Crippen LogP contribution in [-0.2, 0) is 24.6 Å². The Kier molecular flexibility index (Phi) is 4.57. The highest BCUT2D eigenvalue weighted by molar-refractivity contribution is 5.93. The monoisotopic (exact) mass is 328 g/mol. The summed E-state index contributed by atoms with van der Waals surface area (Å²) >= 11 is 0. The molecular weight excluding hydrogens is 313 g/mol. The number of rotatable bonds is 4. The van der Waals surface area contributed by atoms with Crippen molar-refractivity contribution in [1.82, 2.24) is 14.3 Å². The highest BCUT2D eigenvalue weighted by Gasteiger charge is 2.30. The van der Waals surface area contributed by atoms with Gasteiger partial charge >= 0.3 is 11.9 Å². The molecular formula is C14H15F3N4O2. The van der Waals surface area contributed by atoms with Crippen molar-refractivity contribution in [2.75, 3.05) is 11.4 Å². The van der Waals surface area contributed by atoms with Crippen LogP contribution in [0.3, 0.4) is 0 Å². The summed E-state index contributed by atoms with van der Waals surface area (Å²) in [5, 5.41) is 3.78. The van der Waals surface area contributed by atoms with E-state index in [0.717, 1.165) is 16.8 Å². The molecule has 0 aliphatic rings. The summed E-state index contributed by atoms with van der Waals surface area (Å²) in [5.74, 6) is -0.437. The first-order valence-electron chi connectivity index (χ1n) is 6.80. The van der Waals surface area contributed by atoms with E-state index in [1.54, 1.807) is 6.92 Å². The zero-order valence-electron chi connectivity index (χ0n) is 12.5. The minimum atomic E-state index is -4.43. The maximum absolute atomic E-state index is 12.6. The second kappa shape index (κ2) is 6.27. The predicted octanol–water partition coefficient (Wildman–Crippen LogP) is 1.65. The Hall–Kier alpha value is -2.58. The van der Waals surface area contributed by atoms with E-state index in [-0.39, 0.29) is 13.1 Å². The van der Waals surface area contributed by atoms with Gasteiger partial charge in [0.1, 0.15) is 12.9 Å². The van der Waals surface area contributed by atoms with E-state index in [9.17, 15) is 22.8 Å². The molecule has 0 unspecified atom stereocenters. The maximum Gasteiger partial charge on any atom is 0.416 e. The van der Waals surface area contributed by atoms with E-state index in [0.29, 0.717) is 5.69 Å². The summed E-state index contributed by atoms with van der Waals surface area (Å²) in [6.45, 7) is 1.66. The van der Waals surface area contributed by atoms with E-state index < -0.39 is 23.3 Å². The van der Waals surface area contributed by atoms with Gasteiger partial charge in [-0.05, 0) is 31.2 Å². The molecule has 0 aliphatic heterocycles. The number of halogens is 3. The van der Waals surface area contributed by atoms with Crippen LogP contribution >= 0.6 is 0 Å². The van der Waals surface area contributed by atoms with Crippen LogP contribution in [-0.4, -0.2) is 26.8 Å². The van der Waals surface area contributed by atoms with Gasteiger partial charge in [-0.25, -0.2) is 9.48 Å². The van der Waals surface area contributed by atoms with Gasteiger partial charge in [0.25, 0.3) is 0 Å². The van der Waals surface area contributed by atoms with Crippen LogP contribution < -0.4 is 10.6 Å². The number of aryl methyl sites for hydroxylation is 1. The molecule has 0 bridgehead atoms. The molecule has 1 heterocycles. The highest BCUT2D eigenvalue weighted by Crippen LogP contribution is 2.30. The average molecular weight is 328 g/mol. The largest absolute Gasteiger partial charge is 0.416 e. The lowest BCUT2D eigenvalue weighted by molar-refractivity contribution is -0.137. The third-order valence-electron chi connectivity index (χ3n) is 3.30. The van der Waals surface area contributed by atoms with Crippen molar-refractivity contribution < 1.29 is 18.0 Å². The van der Waals surface area contributed by atoms with Gasteiger partial charge in [0.2, 0.25) is 5.91 Å². The smallest absolute Gasteiger partial charge is 0.311 e. The summed E-state index contributed by atoms with van der Waals surface area (Å²) in [6.07, 6.45) is -3.15. The van der Waals surface area contributed by atoms with E-state index in [1.165, 1.54) is 35.0 Å². The van der Waals surface area contributed by atoms with Crippen LogP contribution in [0.4, 0.5) is 18.9 Å². The first-order valence-corrected chi connectivity index (χ1v) is 6.80. The normalized spacial score (nSPS) is 11.5. The number of hydrogen-bond acceptors (Lipinski definition) is 3. The van der Waals surface area contributed by atoms with Crippen LogP contribution in [0, 0.1) is 0 Å². The van der Waals surface area contributed by atoms with Gasteiger partial charge in [-0.2, -0.15) is 18.3 Å². The SMILES string of the molecule is CCN(C(=O)Cn1ncn(C)c1=O)c1ccc(C(F)(F)F)cc1. The minimum absolute atomic E-state index is 0.256. The number of alkyl halides is 3. The van der Waals surface area contributed by atoms with Crippen LogP contribution in [0.15, 0.2) is 35.4 Å². The number of carbonyl (C=O) groups excluding carboxylic acids is 1. The van der Waals surface area contributed by atoms with Crippen molar-refractivity contribution in [3.8, 4) is 0 Å². The molecule has 0 spiro atoms. The summed E-state index contributed by atoms with van der Waals surface area (Å²) in [6, 6.07) is 4.28. The number of aromatic nitrogens is 3. The molecule has 1 amide bonds. The average Bonchev–Trinajstić information content (AvgIpc) is 2.80. The van der Waals surface area contributed by atoms with Crippen LogP contribution in [0.1, 0.15) is 12.5 Å². The Morgan fingerprint density at radius 3 is 2.30 bits per heavy atom. The third kappa shape index (κ3) is 3.61. The molecule has 2 rings (SSSR count). The Morgan fingerprint density at radius 2 is 1.87 bits per heavy atom.